The maximum Gasteiger partial charge on any atom is 0.196 e. The molecule has 1 unspecified atom stereocenters. The molecule has 1 aliphatic rings. The summed E-state index contributed by atoms with van der Waals surface area (Å²) in [5.74, 6) is 0.743. The Hall–Kier alpha value is -0.870. The zero-order valence-corrected chi connectivity index (χ0v) is 7.53. The summed E-state index contributed by atoms with van der Waals surface area (Å²) in [4.78, 5) is 4.22. The molecule has 1 atom stereocenters. The van der Waals surface area contributed by atoms with Gasteiger partial charge < -0.3 is 14.9 Å². The maximum atomic E-state index is 5.47. The lowest BCUT2D eigenvalue weighted by molar-refractivity contribution is 0.106. The molecule has 1 saturated heterocycles. The third kappa shape index (κ3) is 2.08. The third-order valence-electron chi connectivity index (χ3n) is 2.23. The minimum atomic E-state index is 0.296. The minimum Gasteiger partial charge on any atom is -0.449 e. The number of hydrogen-bond acceptors (Lipinski definition) is 4. The average molecular weight is 182 g/mol. The van der Waals surface area contributed by atoms with E-state index in [1.165, 1.54) is 0 Å². The van der Waals surface area contributed by atoms with E-state index in [1.54, 1.807) is 6.26 Å². The van der Waals surface area contributed by atoms with Gasteiger partial charge in [-0.1, -0.05) is 0 Å². The lowest BCUT2D eigenvalue weighted by Gasteiger charge is -2.04. The van der Waals surface area contributed by atoms with Crippen LogP contribution in [0.5, 0.6) is 0 Å². The Morgan fingerprint density at radius 3 is 3.15 bits per heavy atom. The van der Waals surface area contributed by atoms with E-state index in [2.05, 4.69) is 4.98 Å². The Labute approximate surface area is 77.1 Å². The molecule has 1 aromatic rings. The second kappa shape index (κ2) is 3.89. The molecule has 1 aliphatic heterocycles. The predicted octanol–water partition coefficient (Wildman–Crippen LogP) is 0.855. The van der Waals surface area contributed by atoms with Crippen LogP contribution in [0.25, 0.3) is 0 Å². The normalized spacial score (nSPS) is 22.4. The topological polar surface area (TPSA) is 61.3 Å². The summed E-state index contributed by atoms with van der Waals surface area (Å²) in [7, 11) is 0. The van der Waals surface area contributed by atoms with Crippen LogP contribution in [-0.4, -0.2) is 17.7 Å². The Kier molecular flexibility index (Phi) is 2.61. The van der Waals surface area contributed by atoms with Crippen molar-refractivity contribution in [2.24, 2.45) is 5.73 Å². The summed E-state index contributed by atoms with van der Waals surface area (Å²) >= 11 is 0. The van der Waals surface area contributed by atoms with Crippen LogP contribution in [0, 0.1) is 0 Å². The van der Waals surface area contributed by atoms with E-state index in [0.29, 0.717) is 12.6 Å². The van der Waals surface area contributed by atoms with Crippen LogP contribution in [0.15, 0.2) is 10.7 Å². The van der Waals surface area contributed by atoms with Crippen LogP contribution in [0.2, 0.25) is 0 Å². The van der Waals surface area contributed by atoms with E-state index < -0.39 is 0 Å². The Bertz CT molecular complexity index is 266. The van der Waals surface area contributed by atoms with E-state index in [0.717, 1.165) is 37.5 Å². The van der Waals surface area contributed by atoms with Crippen LogP contribution in [0.4, 0.5) is 0 Å². The second-order valence-corrected chi connectivity index (χ2v) is 3.28. The molecule has 4 heteroatoms. The molecule has 0 aromatic carbocycles. The van der Waals surface area contributed by atoms with Crippen molar-refractivity contribution < 1.29 is 9.15 Å². The highest BCUT2D eigenvalue weighted by Gasteiger charge is 2.18. The van der Waals surface area contributed by atoms with Crippen LogP contribution < -0.4 is 5.73 Å². The molecular formula is C9H14N2O2. The monoisotopic (exact) mass is 182 g/mol. The van der Waals surface area contributed by atoms with Gasteiger partial charge in [-0.25, -0.2) is 4.98 Å². The molecule has 0 amide bonds. The fourth-order valence-electron chi connectivity index (χ4n) is 1.54. The van der Waals surface area contributed by atoms with Crippen LogP contribution in [0.1, 0.15) is 24.4 Å². The summed E-state index contributed by atoms with van der Waals surface area (Å²) < 4.78 is 10.7. The van der Waals surface area contributed by atoms with Gasteiger partial charge in [0.1, 0.15) is 6.26 Å². The van der Waals surface area contributed by atoms with Crippen molar-refractivity contribution in [2.75, 3.05) is 6.61 Å². The molecule has 2 N–H and O–H groups in total. The van der Waals surface area contributed by atoms with Gasteiger partial charge >= 0.3 is 0 Å². The molecule has 1 fully saturated rings. The number of rotatable bonds is 3. The highest BCUT2D eigenvalue weighted by atomic mass is 16.5. The largest absolute Gasteiger partial charge is 0.449 e. The summed E-state index contributed by atoms with van der Waals surface area (Å²) in [6.07, 6.45) is 4.95. The van der Waals surface area contributed by atoms with Gasteiger partial charge in [0, 0.05) is 13.2 Å². The Morgan fingerprint density at radius 1 is 1.62 bits per heavy atom. The molecular weight excluding hydrogens is 168 g/mol. The Morgan fingerprint density at radius 2 is 2.54 bits per heavy atom. The predicted molar refractivity (Wildman–Crippen MR) is 47.1 cm³/mol. The zero-order chi connectivity index (χ0) is 9.10. The molecule has 72 valence electrons. The first-order valence-electron chi connectivity index (χ1n) is 4.63. The number of aromatic nitrogens is 1. The van der Waals surface area contributed by atoms with Crippen molar-refractivity contribution in [3.63, 3.8) is 0 Å². The lowest BCUT2D eigenvalue weighted by Crippen LogP contribution is -2.09. The number of nitrogens with zero attached hydrogens (tertiary/aromatic N) is 1. The Balaban J connectivity index is 1.92. The van der Waals surface area contributed by atoms with Crippen LogP contribution in [0.3, 0.4) is 0 Å². The SMILES string of the molecule is NCc1coc(CC2CCCO2)n1. The van der Waals surface area contributed by atoms with Gasteiger partial charge in [0.05, 0.1) is 18.2 Å². The maximum absolute atomic E-state index is 5.47. The summed E-state index contributed by atoms with van der Waals surface area (Å²) in [5, 5.41) is 0. The highest BCUT2D eigenvalue weighted by molar-refractivity contribution is 4.96. The molecule has 0 saturated carbocycles. The molecule has 0 spiro atoms. The quantitative estimate of drug-likeness (QED) is 0.753. The van der Waals surface area contributed by atoms with Gasteiger partial charge in [0.2, 0.25) is 0 Å². The van der Waals surface area contributed by atoms with Crippen LogP contribution in [-0.2, 0) is 17.7 Å². The standard InChI is InChI=1S/C9H14N2O2/c10-5-7-6-13-9(11-7)4-8-2-1-3-12-8/h6,8H,1-5,10H2. The van der Waals surface area contributed by atoms with E-state index in [1.807, 2.05) is 0 Å². The van der Waals surface area contributed by atoms with E-state index in [9.17, 15) is 0 Å². The van der Waals surface area contributed by atoms with Gasteiger partial charge in [0.25, 0.3) is 0 Å². The van der Waals surface area contributed by atoms with Crippen molar-refractivity contribution in [2.45, 2.75) is 31.9 Å². The number of nitrogens with two attached hydrogens (primary N) is 1. The highest BCUT2D eigenvalue weighted by Crippen LogP contribution is 2.16. The second-order valence-electron chi connectivity index (χ2n) is 3.28. The van der Waals surface area contributed by atoms with Crippen molar-refractivity contribution in [3.05, 3.63) is 17.8 Å². The van der Waals surface area contributed by atoms with Gasteiger partial charge in [-0.3, -0.25) is 0 Å². The molecule has 2 rings (SSSR count). The fourth-order valence-corrected chi connectivity index (χ4v) is 1.54. The van der Waals surface area contributed by atoms with E-state index in [4.69, 9.17) is 14.9 Å². The van der Waals surface area contributed by atoms with Crippen LogP contribution >= 0.6 is 0 Å². The van der Waals surface area contributed by atoms with Gasteiger partial charge in [0.15, 0.2) is 5.89 Å². The third-order valence-corrected chi connectivity index (χ3v) is 2.23. The number of oxazole rings is 1. The van der Waals surface area contributed by atoms with Crippen molar-refractivity contribution >= 4 is 0 Å². The summed E-state index contributed by atoms with van der Waals surface area (Å²) in [5.41, 5.74) is 6.23. The first-order valence-corrected chi connectivity index (χ1v) is 4.63. The van der Waals surface area contributed by atoms with Gasteiger partial charge in [-0.15, -0.1) is 0 Å². The van der Waals surface area contributed by atoms with Gasteiger partial charge in [-0.2, -0.15) is 0 Å². The number of hydrogen-bond donors (Lipinski definition) is 1. The molecule has 0 bridgehead atoms. The molecule has 1 aromatic heterocycles. The average Bonchev–Trinajstić information content (AvgIpc) is 2.76. The van der Waals surface area contributed by atoms with Gasteiger partial charge in [-0.05, 0) is 12.8 Å². The zero-order valence-electron chi connectivity index (χ0n) is 7.53. The van der Waals surface area contributed by atoms with Crippen molar-refractivity contribution in [1.29, 1.82) is 0 Å². The van der Waals surface area contributed by atoms with Crippen molar-refractivity contribution in [1.82, 2.24) is 4.98 Å². The smallest absolute Gasteiger partial charge is 0.196 e. The van der Waals surface area contributed by atoms with Crippen molar-refractivity contribution in [3.8, 4) is 0 Å². The molecule has 13 heavy (non-hydrogen) atoms. The molecule has 0 aliphatic carbocycles. The van der Waals surface area contributed by atoms with E-state index in [-0.39, 0.29) is 0 Å². The first kappa shape index (κ1) is 8.72. The summed E-state index contributed by atoms with van der Waals surface area (Å²) in [6, 6.07) is 0. The minimum absolute atomic E-state index is 0.296. The molecule has 2 heterocycles. The molecule has 4 nitrogen and oxygen atoms in total. The lowest BCUT2D eigenvalue weighted by atomic mass is 10.2. The molecule has 0 radical (unpaired) electrons. The number of ether oxygens (including phenoxy) is 1. The fraction of sp³-hybridized carbons (Fsp3) is 0.667. The first-order chi connectivity index (χ1) is 6.38. The van der Waals surface area contributed by atoms with E-state index >= 15 is 0 Å². The summed E-state index contributed by atoms with van der Waals surface area (Å²) in [6.45, 7) is 1.31.